The molecule has 1 atom stereocenters. The van der Waals surface area contributed by atoms with Crippen LogP contribution in [0, 0.1) is 0 Å². The minimum Gasteiger partial charge on any atom is -0.444 e. The minimum absolute atomic E-state index is 0.00873. The highest BCUT2D eigenvalue weighted by atomic mass is 32.1. The second kappa shape index (κ2) is 7.03. The third-order valence-corrected chi connectivity index (χ3v) is 5.30. The van der Waals surface area contributed by atoms with Crippen molar-refractivity contribution in [2.45, 2.75) is 45.1 Å². The normalized spacial score (nSPS) is 17.3. The van der Waals surface area contributed by atoms with Crippen LogP contribution >= 0.6 is 11.3 Å². The molecule has 1 fully saturated rings. The van der Waals surface area contributed by atoms with Crippen LogP contribution in [0.3, 0.4) is 0 Å². The highest BCUT2D eigenvalue weighted by molar-refractivity contribution is 7.13. The first kappa shape index (κ1) is 17.0. The first-order valence-electron chi connectivity index (χ1n) is 8.73. The van der Waals surface area contributed by atoms with Gasteiger partial charge < -0.3 is 13.8 Å². The Kier molecular flexibility index (Phi) is 4.58. The van der Waals surface area contributed by atoms with Crippen LogP contribution < -0.4 is 0 Å². The lowest BCUT2D eigenvalue weighted by Crippen LogP contribution is -2.32. The summed E-state index contributed by atoms with van der Waals surface area (Å²) in [5, 5.41) is 6.05. The van der Waals surface area contributed by atoms with E-state index in [0.717, 1.165) is 17.7 Å². The van der Waals surface area contributed by atoms with Crippen molar-refractivity contribution in [1.82, 2.24) is 20.0 Å². The maximum Gasteiger partial charge on any atom is 0.236 e. The number of hydrogen-bond donors (Lipinski definition) is 0. The molecular weight excluding hydrogens is 352 g/mol. The number of nitrogens with zero attached hydrogens (tertiary/aromatic N) is 4. The third-order valence-electron chi connectivity index (χ3n) is 4.44. The number of thiophene rings is 1. The molecule has 0 bridgehead atoms. The van der Waals surface area contributed by atoms with Crippen molar-refractivity contribution in [3.05, 3.63) is 41.2 Å². The van der Waals surface area contributed by atoms with Gasteiger partial charge in [0, 0.05) is 12.5 Å². The molecule has 1 aliphatic heterocycles. The second-order valence-electron chi connectivity index (χ2n) is 6.69. The van der Waals surface area contributed by atoms with Crippen LogP contribution in [0.5, 0.6) is 0 Å². The molecule has 26 heavy (non-hydrogen) atoms. The first-order chi connectivity index (χ1) is 12.6. The van der Waals surface area contributed by atoms with Gasteiger partial charge in [-0.1, -0.05) is 25.1 Å². The quantitative estimate of drug-likeness (QED) is 0.677. The molecule has 1 amide bonds. The maximum atomic E-state index is 12.8. The molecule has 1 unspecified atom stereocenters. The number of oxazole rings is 1. The van der Waals surface area contributed by atoms with Crippen LogP contribution in [0.25, 0.3) is 10.8 Å². The van der Waals surface area contributed by atoms with Gasteiger partial charge in [0.15, 0.2) is 5.82 Å². The van der Waals surface area contributed by atoms with E-state index in [2.05, 4.69) is 15.1 Å². The Labute approximate surface area is 155 Å². The Balaban J connectivity index is 1.46. The van der Waals surface area contributed by atoms with Gasteiger partial charge in [0.05, 0.1) is 23.0 Å². The Hall–Kier alpha value is -2.48. The number of carbonyl (C=O) groups excluding carboxylic acids is 1. The fraction of sp³-hybridized carbons (Fsp3) is 0.444. The van der Waals surface area contributed by atoms with Gasteiger partial charge >= 0.3 is 0 Å². The number of amides is 1. The van der Waals surface area contributed by atoms with Gasteiger partial charge in [-0.05, 0) is 24.3 Å². The zero-order valence-corrected chi connectivity index (χ0v) is 15.5. The average Bonchev–Trinajstić information content (AvgIpc) is 3.39. The third kappa shape index (κ3) is 3.29. The lowest BCUT2D eigenvalue weighted by atomic mass is 10.2. The van der Waals surface area contributed by atoms with Crippen LogP contribution in [0.2, 0.25) is 0 Å². The largest absolute Gasteiger partial charge is 0.444 e. The summed E-state index contributed by atoms with van der Waals surface area (Å²) in [6.45, 7) is 4.71. The molecule has 0 aromatic carbocycles. The average molecular weight is 372 g/mol. The number of hydrogen-bond acceptors (Lipinski definition) is 7. The minimum atomic E-state index is -0.123. The molecule has 0 aliphatic carbocycles. The van der Waals surface area contributed by atoms with Gasteiger partial charge in [0.2, 0.25) is 17.7 Å². The van der Waals surface area contributed by atoms with E-state index in [1.165, 1.54) is 0 Å². The van der Waals surface area contributed by atoms with E-state index in [1.807, 2.05) is 36.3 Å². The highest BCUT2D eigenvalue weighted by Crippen LogP contribution is 2.31. The number of carbonyl (C=O) groups is 1. The van der Waals surface area contributed by atoms with Gasteiger partial charge in [0.1, 0.15) is 6.26 Å². The van der Waals surface area contributed by atoms with Gasteiger partial charge in [0.25, 0.3) is 0 Å². The fourth-order valence-corrected chi connectivity index (χ4v) is 3.76. The Morgan fingerprint density at radius 1 is 1.42 bits per heavy atom. The van der Waals surface area contributed by atoms with E-state index in [0.29, 0.717) is 29.8 Å². The molecular formula is C18H20N4O3S. The molecule has 136 valence electrons. The molecule has 8 heteroatoms. The van der Waals surface area contributed by atoms with Gasteiger partial charge in [-0.25, -0.2) is 4.98 Å². The number of rotatable bonds is 5. The lowest BCUT2D eigenvalue weighted by Gasteiger charge is -2.21. The SMILES string of the molecule is CC(C)c1nc(C2CCCN2C(=O)Cc2coc(-c3cccs3)n2)no1. The standard InChI is InChI=1S/C18H20N4O3S/c1-11(2)17-20-16(21-25-17)13-5-3-7-22(13)15(23)9-12-10-24-18(19-12)14-6-4-8-26-14/h4,6,8,10-11,13H,3,5,7,9H2,1-2H3. The molecule has 7 nitrogen and oxygen atoms in total. The summed E-state index contributed by atoms with van der Waals surface area (Å²) in [7, 11) is 0. The molecule has 4 heterocycles. The summed E-state index contributed by atoms with van der Waals surface area (Å²) < 4.78 is 10.8. The molecule has 0 radical (unpaired) electrons. The smallest absolute Gasteiger partial charge is 0.236 e. The summed E-state index contributed by atoms with van der Waals surface area (Å²) in [5.74, 6) is 1.94. The molecule has 1 aliphatic rings. The summed E-state index contributed by atoms with van der Waals surface area (Å²) in [6.07, 6.45) is 3.55. The molecule has 3 aromatic rings. The molecule has 0 N–H and O–H groups in total. The van der Waals surface area contributed by atoms with E-state index < -0.39 is 0 Å². The summed E-state index contributed by atoms with van der Waals surface area (Å²) in [5.41, 5.74) is 0.639. The van der Waals surface area contributed by atoms with Crippen LogP contribution in [0.15, 0.2) is 32.7 Å². The summed E-state index contributed by atoms with van der Waals surface area (Å²) >= 11 is 1.56. The van der Waals surface area contributed by atoms with Crippen molar-refractivity contribution in [3.8, 4) is 10.8 Å². The van der Waals surface area contributed by atoms with Crippen molar-refractivity contribution in [2.75, 3.05) is 6.54 Å². The van der Waals surface area contributed by atoms with Gasteiger partial charge in [-0.3, -0.25) is 4.79 Å². The van der Waals surface area contributed by atoms with Crippen LogP contribution in [-0.2, 0) is 11.2 Å². The monoisotopic (exact) mass is 372 g/mol. The topological polar surface area (TPSA) is 85.3 Å². The number of likely N-dealkylation sites (tertiary alicyclic amines) is 1. The molecule has 0 saturated carbocycles. The fourth-order valence-electron chi connectivity index (χ4n) is 3.11. The van der Waals surface area contributed by atoms with Crippen LogP contribution in [0.1, 0.15) is 56.1 Å². The molecule has 0 spiro atoms. The highest BCUT2D eigenvalue weighted by Gasteiger charge is 2.33. The Morgan fingerprint density at radius 2 is 2.31 bits per heavy atom. The molecule has 3 aromatic heterocycles. The van der Waals surface area contributed by atoms with Crippen molar-refractivity contribution < 1.29 is 13.7 Å². The molecule has 1 saturated heterocycles. The van der Waals surface area contributed by atoms with E-state index in [9.17, 15) is 4.79 Å². The van der Waals surface area contributed by atoms with Crippen molar-refractivity contribution >= 4 is 17.2 Å². The number of aromatic nitrogens is 3. The second-order valence-corrected chi connectivity index (χ2v) is 7.64. The van der Waals surface area contributed by atoms with E-state index in [1.54, 1.807) is 17.6 Å². The lowest BCUT2D eigenvalue weighted by molar-refractivity contribution is -0.131. The summed E-state index contributed by atoms with van der Waals surface area (Å²) in [6, 6.07) is 3.77. The van der Waals surface area contributed by atoms with Crippen LogP contribution in [-0.4, -0.2) is 32.5 Å². The van der Waals surface area contributed by atoms with Gasteiger partial charge in [-0.15, -0.1) is 11.3 Å². The van der Waals surface area contributed by atoms with Crippen LogP contribution in [0.4, 0.5) is 0 Å². The van der Waals surface area contributed by atoms with Crippen molar-refractivity contribution in [2.24, 2.45) is 0 Å². The van der Waals surface area contributed by atoms with Crippen molar-refractivity contribution in [3.63, 3.8) is 0 Å². The first-order valence-corrected chi connectivity index (χ1v) is 9.61. The predicted molar refractivity (Wildman–Crippen MR) is 95.6 cm³/mol. The Bertz CT molecular complexity index is 884. The summed E-state index contributed by atoms with van der Waals surface area (Å²) in [4.78, 5) is 24.5. The van der Waals surface area contributed by atoms with Crippen molar-refractivity contribution in [1.29, 1.82) is 0 Å². The zero-order chi connectivity index (χ0) is 18.1. The molecule has 4 rings (SSSR count). The zero-order valence-electron chi connectivity index (χ0n) is 14.7. The predicted octanol–water partition coefficient (Wildman–Crippen LogP) is 3.82. The van der Waals surface area contributed by atoms with Gasteiger partial charge in [-0.2, -0.15) is 4.98 Å². The van der Waals surface area contributed by atoms with E-state index >= 15 is 0 Å². The Morgan fingerprint density at radius 3 is 3.04 bits per heavy atom. The van der Waals surface area contributed by atoms with E-state index in [4.69, 9.17) is 8.94 Å². The maximum absolute atomic E-state index is 12.8. The van der Waals surface area contributed by atoms with E-state index in [-0.39, 0.29) is 24.3 Å².